The van der Waals surface area contributed by atoms with Crippen LogP contribution in [0.2, 0.25) is 0 Å². The number of amides is 1. The van der Waals surface area contributed by atoms with E-state index in [1.54, 1.807) is 0 Å². The highest BCUT2D eigenvalue weighted by molar-refractivity contribution is 6.01. The highest BCUT2D eigenvalue weighted by Crippen LogP contribution is 2.27. The standard InChI is InChI=1S/C18H19NO2/c1-14-6-2-3-7-15(14)16-8-4-5-9-17(16)18(20)19-10-12-21-13-11-19/h2-9H,10-13H2,1H3. The monoisotopic (exact) mass is 281 g/mol. The molecule has 2 aromatic rings. The predicted molar refractivity (Wildman–Crippen MR) is 83.3 cm³/mol. The van der Waals surface area contributed by atoms with E-state index in [4.69, 9.17) is 4.74 Å². The molecule has 1 aliphatic rings. The molecule has 0 radical (unpaired) electrons. The first-order valence-electron chi connectivity index (χ1n) is 7.29. The molecule has 0 saturated carbocycles. The molecule has 1 fully saturated rings. The van der Waals surface area contributed by atoms with E-state index in [2.05, 4.69) is 19.1 Å². The largest absolute Gasteiger partial charge is 0.378 e. The van der Waals surface area contributed by atoms with Gasteiger partial charge in [0.25, 0.3) is 5.91 Å². The Kier molecular flexibility index (Phi) is 4.02. The second-order valence-corrected chi connectivity index (χ2v) is 5.27. The number of rotatable bonds is 2. The molecule has 1 heterocycles. The lowest BCUT2D eigenvalue weighted by molar-refractivity contribution is 0.0303. The molecule has 108 valence electrons. The molecule has 0 bridgehead atoms. The van der Waals surface area contributed by atoms with Crippen LogP contribution in [0.1, 0.15) is 15.9 Å². The Bertz CT molecular complexity index is 645. The van der Waals surface area contributed by atoms with Crippen molar-refractivity contribution in [1.82, 2.24) is 4.90 Å². The first-order valence-corrected chi connectivity index (χ1v) is 7.29. The minimum atomic E-state index is 0.0946. The SMILES string of the molecule is Cc1ccccc1-c1ccccc1C(=O)N1CCOCC1. The van der Waals surface area contributed by atoms with Gasteiger partial charge in [-0.3, -0.25) is 4.79 Å². The average Bonchev–Trinajstić information content (AvgIpc) is 2.55. The minimum Gasteiger partial charge on any atom is -0.378 e. The fourth-order valence-corrected chi connectivity index (χ4v) is 2.72. The van der Waals surface area contributed by atoms with Gasteiger partial charge in [0.1, 0.15) is 0 Å². The van der Waals surface area contributed by atoms with Crippen molar-refractivity contribution in [2.75, 3.05) is 26.3 Å². The van der Waals surface area contributed by atoms with Crippen LogP contribution in [0.25, 0.3) is 11.1 Å². The van der Waals surface area contributed by atoms with E-state index in [9.17, 15) is 4.79 Å². The molecule has 1 amide bonds. The Hall–Kier alpha value is -2.13. The maximum atomic E-state index is 12.8. The molecule has 0 aromatic heterocycles. The van der Waals surface area contributed by atoms with Crippen LogP contribution in [0, 0.1) is 6.92 Å². The second-order valence-electron chi connectivity index (χ2n) is 5.27. The molecule has 1 aliphatic heterocycles. The van der Waals surface area contributed by atoms with Crippen LogP contribution in [-0.4, -0.2) is 37.1 Å². The number of hydrogen-bond acceptors (Lipinski definition) is 2. The number of morpholine rings is 1. The number of ether oxygens (including phenoxy) is 1. The van der Waals surface area contributed by atoms with Gasteiger partial charge in [0.05, 0.1) is 13.2 Å². The summed E-state index contributed by atoms with van der Waals surface area (Å²) in [7, 11) is 0. The Balaban J connectivity index is 2.00. The van der Waals surface area contributed by atoms with Crippen molar-refractivity contribution in [3.8, 4) is 11.1 Å². The predicted octanol–water partition coefficient (Wildman–Crippen LogP) is 3.13. The number of carbonyl (C=O) groups excluding carboxylic acids is 1. The molecule has 0 unspecified atom stereocenters. The molecule has 0 atom stereocenters. The molecule has 3 nitrogen and oxygen atoms in total. The first kappa shape index (κ1) is 13.8. The number of benzene rings is 2. The normalized spacial score (nSPS) is 15.0. The maximum absolute atomic E-state index is 12.8. The maximum Gasteiger partial charge on any atom is 0.254 e. The summed E-state index contributed by atoms with van der Waals surface area (Å²) in [6, 6.07) is 16.0. The number of nitrogens with zero attached hydrogens (tertiary/aromatic N) is 1. The topological polar surface area (TPSA) is 29.5 Å². The van der Waals surface area contributed by atoms with Gasteiger partial charge in [0.2, 0.25) is 0 Å². The summed E-state index contributed by atoms with van der Waals surface area (Å²) < 4.78 is 5.33. The first-order chi connectivity index (χ1) is 10.3. The van der Waals surface area contributed by atoms with Gasteiger partial charge in [0.15, 0.2) is 0 Å². The zero-order valence-corrected chi connectivity index (χ0v) is 12.2. The zero-order valence-electron chi connectivity index (χ0n) is 12.2. The van der Waals surface area contributed by atoms with E-state index in [0.717, 1.165) is 16.7 Å². The van der Waals surface area contributed by atoms with E-state index in [1.807, 2.05) is 41.3 Å². The third kappa shape index (κ3) is 2.83. The summed E-state index contributed by atoms with van der Waals surface area (Å²) in [6.45, 7) is 4.66. The molecular weight excluding hydrogens is 262 g/mol. The fourth-order valence-electron chi connectivity index (χ4n) is 2.72. The summed E-state index contributed by atoms with van der Waals surface area (Å²) in [5.41, 5.74) is 4.08. The molecule has 2 aromatic carbocycles. The van der Waals surface area contributed by atoms with E-state index >= 15 is 0 Å². The van der Waals surface area contributed by atoms with Gasteiger partial charge in [-0.1, -0.05) is 42.5 Å². The van der Waals surface area contributed by atoms with Gasteiger partial charge >= 0.3 is 0 Å². The average molecular weight is 281 g/mol. The van der Waals surface area contributed by atoms with E-state index in [0.29, 0.717) is 26.3 Å². The van der Waals surface area contributed by atoms with Crippen LogP contribution >= 0.6 is 0 Å². The van der Waals surface area contributed by atoms with Crippen molar-refractivity contribution in [3.63, 3.8) is 0 Å². The highest BCUT2D eigenvalue weighted by atomic mass is 16.5. The van der Waals surface area contributed by atoms with Crippen molar-refractivity contribution >= 4 is 5.91 Å². The minimum absolute atomic E-state index is 0.0946. The quantitative estimate of drug-likeness (QED) is 0.846. The number of aryl methyl sites for hydroxylation is 1. The third-order valence-corrected chi connectivity index (χ3v) is 3.89. The van der Waals surface area contributed by atoms with Crippen molar-refractivity contribution in [1.29, 1.82) is 0 Å². The third-order valence-electron chi connectivity index (χ3n) is 3.89. The summed E-state index contributed by atoms with van der Waals surface area (Å²) >= 11 is 0. The van der Waals surface area contributed by atoms with Crippen molar-refractivity contribution in [2.45, 2.75) is 6.92 Å². The van der Waals surface area contributed by atoms with E-state index in [1.165, 1.54) is 5.56 Å². The smallest absolute Gasteiger partial charge is 0.254 e. The van der Waals surface area contributed by atoms with Crippen LogP contribution < -0.4 is 0 Å². The van der Waals surface area contributed by atoms with Crippen LogP contribution in [0.4, 0.5) is 0 Å². The molecule has 1 saturated heterocycles. The van der Waals surface area contributed by atoms with Gasteiger partial charge in [-0.2, -0.15) is 0 Å². The van der Waals surface area contributed by atoms with Crippen molar-refractivity contribution in [3.05, 3.63) is 59.7 Å². The number of hydrogen-bond donors (Lipinski definition) is 0. The molecule has 0 aliphatic carbocycles. The Morgan fingerprint density at radius 1 is 0.952 bits per heavy atom. The number of carbonyl (C=O) groups is 1. The Morgan fingerprint density at radius 2 is 1.57 bits per heavy atom. The van der Waals surface area contributed by atoms with Crippen molar-refractivity contribution in [2.24, 2.45) is 0 Å². The summed E-state index contributed by atoms with van der Waals surface area (Å²) in [4.78, 5) is 14.7. The lowest BCUT2D eigenvalue weighted by Gasteiger charge is -2.27. The van der Waals surface area contributed by atoms with Gasteiger partial charge in [-0.25, -0.2) is 0 Å². The molecule has 21 heavy (non-hydrogen) atoms. The van der Waals surface area contributed by atoms with E-state index in [-0.39, 0.29) is 5.91 Å². The van der Waals surface area contributed by atoms with Gasteiger partial charge in [0, 0.05) is 18.7 Å². The zero-order chi connectivity index (χ0) is 14.7. The Labute approximate surface area is 125 Å². The van der Waals surface area contributed by atoms with Crippen LogP contribution in [0.3, 0.4) is 0 Å². The molecule has 3 heteroatoms. The Morgan fingerprint density at radius 3 is 2.29 bits per heavy atom. The van der Waals surface area contributed by atoms with Crippen molar-refractivity contribution < 1.29 is 9.53 Å². The van der Waals surface area contributed by atoms with E-state index < -0.39 is 0 Å². The summed E-state index contributed by atoms with van der Waals surface area (Å²) in [5.74, 6) is 0.0946. The molecular formula is C18H19NO2. The lowest BCUT2D eigenvalue weighted by Crippen LogP contribution is -2.40. The second kappa shape index (κ2) is 6.10. The van der Waals surface area contributed by atoms with Crippen LogP contribution in [0.5, 0.6) is 0 Å². The summed E-state index contributed by atoms with van der Waals surface area (Å²) in [5, 5.41) is 0. The van der Waals surface area contributed by atoms with Crippen LogP contribution in [0.15, 0.2) is 48.5 Å². The molecule has 3 rings (SSSR count). The lowest BCUT2D eigenvalue weighted by atomic mass is 9.95. The van der Waals surface area contributed by atoms with Gasteiger partial charge in [-0.15, -0.1) is 0 Å². The fraction of sp³-hybridized carbons (Fsp3) is 0.278. The van der Waals surface area contributed by atoms with Gasteiger partial charge in [-0.05, 0) is 29.7 Å². The summed E-state index contributed by atoms with van der Waals surface area (Å²) in [6.07, 6.45) is 0. The molecule has 0 N–H and O–H groups in total. The highest BCUT2D eigenvalue weighted by Gasteiger charge is 2.21. The van der Waals surface area contributed by atoms with Crippen LogP contribution in [-0.2, 0) is 4.74 Å². The molecule has 0 spiro atoms. The van der Waals surface area contributed by atoms with Gasteiger partial charge < -0.3 is 9.64 Å².